The molecule has 2 rings (SSSR count). The highest BCUT2D eigenvalue weighted by molar-refractivity contribution is 6.31. The predicted molar refractivity (Wildman–Crippen MR) is 88.2 cm³/mol. The second kappa shape index (κ2) is 7.18. The summed E-state index contributed by atoms with van der Waals surface area (Å²) in [6.07, 6.45) is 0.0475. The van der Waals surface area contributed by atoms with Crippen molar-refractivity contribution in [3.63, 3.8) is 0 Å². The van der Waals surface area contributed by atoms with Gasteiger partial charge in [0.1, 0.15) is 11.5 Å². The molecule has 0 aromatic heterocycles. The summed E-state index contributed by atoms with van der Waals surface area (Å²) in [5, 5.41) is 3.32. The minimum absolute atomic E-state index is 0.0475. The molecule has 0 bridgehead atoms. The molecule has 0 saturated heterocycles. The Bertz CT molecular complexity index is 671. The Morgan fingerprint density at radius 3 is 2.64 bits per heavy atom. The van der Waals surface area contributed by atoms with Gasteiger partial charge in [0.15, 0.2) is 0 Å². The van der Waals surface area contributed by atoms with Gasteiger partial charge in [-0.1, -0.05) is 17.7 Å². The van der Waals surface area contributed by atoms with Crippen LogP contribution >= 0.6 is 11.6 Å². The lowest BCUT2D eigenvalue weighted by atomic mass is 10.2. The van der Waals surface area contributed by atoms with Crippen LogP contribution < -0.4 is 14.8 Å². The van der Waals surface area contributed by atoms with Crippen LogP contribution in [-0.4, -0.2) is 19.1 Å². The summed E-state index contributed by atoms with van der Waals surface area (Å²) in [4.78, 5) is 12.4. The first-order valence-corrected chi connectivity index (χ1v) is 7.29. The zero-order valence-corrected chi connectivity index (χ0v) is 13.5. The molecule has 4 nitrogen and oxygen atoms in total. The molecule has 2 aromatic rings. The van der Waals surface area contributed by atoms with E-state index in [0.717, 1.165) is 0 Å². The second-order valence-corrected chi connectivity index (χ2v) is 5.43. The van der Waals surface area contributed by atoms with Gasteiger partial charge in [0.05, 0.1) is 18.9 Å². The number of rotatable bonds is 5. The molecule has 0 aliphatic carbocycles. The summed E-state index contributed by atoms with van der Waals surface area (Å²) in [7, 11) is 1.54. The molecule has 0 aliphatic heterocycles. The quantitative estimate of drug-likeness (QED) is 0.889. The first-order chi connectivity index (χ1) is 10.5. The van der Waals surface area contributed by atoms with Crippen molar-refractivity contribution in [3.8, 4) is 11.5 Å². The van der Waals surface area contributed by atoms with Crippen molar-refractivity contribution in [2.45, 2.75) is 20.0 Å². The fourth-order valence-electron chi connectivity index (χ4n) is 1.96. The van der Waals surface area contributed by atoms with Crippen molar-refractivity contribution in [2.24, 2.45) is 0 Å². The van der Waals surface area contributed by atoms with Crippen molar-refractivity contribution < 1.29 is 14.3 Å². The van der Waals surface area contributed by atoms with Crippen LogP contribution in [0.5, 0.6) is 11.5 Å². The molecule has 0 saturated carbocycles. The zero-order chi connectivity index (χ0) is 16.1. The third-order valence-electron chi connectivity index (χ3n) is 2.88. The minimum atomic E-state index is -0.255. The number of hydrogen-bond acceptors (Lipinski definition) is 3. The van der Waals surface area contributed by atoms with Gasteiger partial charge in [-0.2, -0.15) is 0 Å². The van der Waals surface area contributed by atoms with Crippen molar-refractivity contribution in [3.05, 3.63) is 53.1 Å². The number of carbonyl (C=O) groups is 1. The Hall–Kier alpha value is -2.20. The fraction of sp³-hybridized carbons (Fsp3) is 0.235. The number of nitrogens with one attached hydrogen (secondary N) is 1. The van der Waals surface area contributed by atoms with Gasteiger partial charge in [-0.15, -0.1) is 0 Å². The molecule has 1 N–H and O–H groups in total. The van der Waals surface area contributed by atoms with E-state index in [0.29, 0.717) is 27.8 Å². The Kier molecular flexibility index (Phi) is 5.28. The SMILES string of the molecule is COc1ccc(Cl)cc1NC(=O)c1cccc(OC(C)C)c1. The Morgan fingerprint density at radius 1 is 1.18 bits per heavy atom. The molecule has 0 unspecified atom stereocenters. The average molecular weight is 320 g/mol. The van der Waals surface area contributed by atoms with Crippen LogP contribution in [0.3, 0.4) is 0 Å². The van der Waals surface area contributed by atoms with E-state index in [1.54, 1.807) is 36.4 Å². The van der Waals surface area contributed by atoms with Crippen LogP contribution in [-0.2, 0) is 0 Å². The van der Waals surface area contributed by atoms with Gasteiger partial charge in [-0.25, -0.2) is 0 Å². The van der Waals surface area contributed by atoms with Crippen LogP contribution in [0.15, 0.2) is 42.5 Å². The molecule has 0 aliphatic rings. The molecule has 1 amide bonds. The van der Waals surface area contributed by atoms with Crippen LogP contribution in [0.2, 0.25) is 5.02 Å². The average Bonchev–Trinajstić information content (AvgIpc) is 2.47. The molecule has 2 aromatic carbocycles. The summed E-state index contributed by atoms with van der Waals surface area (Å²) >= 11 is 5.96. The molecule has 0 atom stereocenters. The zero-order valence-electron chi connectivity index (χ0n) is 12.7. The molecule has 0 radical (unpaired) electrons. The van der Waals surface area contributed by atoms with E-state index in [9.17, 15) is 4.79 Å². The maximum atomic E-state index is 12.4. The lowest BCUT2D eigenvalue weighted by molar-refractivity contribution is 0.102. The van der Waals surface area contributed by atoms with Gasteiger partial charge in [-0.05, 0) is 50.2 Å². The number of halogens is 1. The minimum Gasteiger partial charge on any atom is -0.495 e. The second-order valence-electron chi connectivity index (χ2n) is 4.99. The molecule has 116 valence electrons. The Labute approximate surface area is 135 Å². The number of anilines is 1. The van der Waals surface area contributed by atoms with Crippen molar-refractivity contribution in [1.82, 2.24) is 0 Å². The topological polar surface area (TPSA) is 47.6 Å². The first kappa shape index (κ1) is 16.2. The highest BCUT2D eigenvalue weighted by atomic mass is 35.5. The first-order valence-electron chi connectivity index (χ1n) is 6.91. The highest BCUT2D eigenvalue weighted by Crippen LogP contribution is 2.28. The maximum Gasteiger partial charge on any atom is 0.255 e. The molecular weight excluding hydrogens is 302 g/mol. The third kappa shape index (κ3) is 4.15. The van der Waals surface area contributed by atoms with Gasteiger partial charge in [0.2, 0.25) is 0 Å². The highest BCUT2D eigenvalue weighted by Gasteiger charge is 2.11. The van der Waals surface area contributed by atoms with Crippen LogP contribution in [0.1, 0.15) is 24.2 Å². The van der Waals surface area contributed by atoms with E-state index in [1.807, 2.05) is 19.9 Å². The number of ether oxygens (including phenoxy) is 2. The van der Waals surface area contributed by atoms with Gasteiger partial charge in [0.25, 0.3) is 5.91 Å². The van der Waals surface area contributed by atoms with Crippen molar-refractivity contribution in [1.29, 1.82) is 0 Å². The largest absolute Gasteiger partial charge is 0.495 e. The monoisotopic (exact) mass is 319 g/mol. The standard InChI is InChI=1S/C17H18ClNO3/c1-11(2)22-14-6-4-5-12(9-14)17(20)19-15-10-13(18)7-8-16(15)21-3/h4-11H,1-3H3,(H,19,20). The number of methoxy groups -OCH3 is 1. The van der Waals surface area contributed by atoms with Gasteiger partial charge >= 0.3 is 0 Å². The van der Waals surface area contributed by atoms with Gasteiger partial charge in [0, 0.05) is 10.6 Å². The third-order valence-corrected chi connectivity index (χ3v) is 3.11. The lowest BCUT2D eigenvalue weighted by Gasteiger charge is -2.12. The Balaban J connectivity index is 2.20. The number of carbonyl (C=O) groups excluding carboxylic acids is 1. The normalized spacial score (nSPS) is 10.4. The van der Waals surface area contributed by atoms with Gasteiger partial charge < -0.3 is 14.8 Å². The van der Waals surface area contributed by atoms with E-state index in [2.05, 4.69) is 5.32 Å². The summed E-state index contributed by atoms with van der Waals surface area (Å²) in [6.45, 7) is 3.87. The van der Waals surface area contributed by atoms with E-state index >= 15 is 0 Å². The molecule has 5 heteroatoms. The number of amides is 1. The van der Waals surface area contributed by atoms with Crippen LogP contribution in [0, 0.1) is 0 Å². The molecular formula is C17H18ClNO3. The lowest BCUT2D eigenvalue weighted by Crippen LogP contribution is -2.13. The molecule has 0 spiro atoms. The van der Waals surface area contributed by atoms with Crippen LogP contribution in [0.25, 0.3) is 0 Å². The van der Waals surface area contributed by atoms with E-state index in [1.165, 1.54) is 7.11 Å². The predicted octanol–water partition coefficient (Wildman–Crippen LogP) is 4.39. The van der Waals surface area contributed by atoms with E-state index in [-0.39, 0.29) is 12.0 Å². The smallest absolute Gasteiger partial charge is 0.255 e. The maximum absolute atomic E-state index is 12.4. The molecule has 0 heterocycles. The van der Waals surface area contributed by atoms with E-state index < -0.39 is 0 Å². The molecule has 22 heavy (non-hydrogen) atoms. The summed E-state index contributed by atoms with van der Waals surface area (Å²) < 4.78 is 10.8. The Morgan fingerprint density at radius 2 is 1.95 bits per heavy atom. The van der Waals surface area contributed by atoms with Crippen molar-refractivity contribution in [2.75, 3.05) is 12.4 Å². The summed E-state index contributed by atoms with van der Waals surface area (Å²) in [5.74, 6) is 0.947. The van der Waals surface area contributed by atoms with Crippen molar-refractivity contribution >= 4 is 23.2 Å². The van der Waals surface area contributed by atoms with E-state index in [4.69, 9.17) is 21.1 Å². The summed E-state index contributed by atoms with van der Waals surface area (Å²) in [5.41, 5.74) is 1.02. The summed E-state index contributed by atoms with van der Waals surface area (Å²) in [6, 6.07) is 12.1. The number of benzene rings is 2. The number of hydrogen-bond donors (Lipinski definition) is 1. The van der Waals surface area contributed by atoms with Gasteiger partial charge in [-0.3, -0.25) is 4.79 Å². The molecule has 0 fully saturated rings. The van der Waals surface area contributed by atoms with Crippen LogP contribution in [0.4, 0.5) is 5.69 Å². The fourth-order valence-corrected chi connectivity index (χ4v) is 2.13.